The highest BCUT2D eigenvalue weighted by molar-refractivity contribution is 6.09. The van der Waals surface area contributed by atoms with E-state index in [1.807, 2.05) is 25.1 Å². The summed E-state index contributed by atoms with van der Waals surface area (Å²) in [6.45, 7) is 1.95. The van der Waals surface area contributed by atoms with Gasteiger partial charge in [-0.25, -0.2) is 4.79 Å². The van der Waals surface area contributed by atoms with Crippen LogP contribution in [0.2, 0.25) is 0 Å². The normalized spacial score (nSPS) is 10.9. The van der Waals surface area contributed by atoms with Crippen LogP contribution in [0, 0.1) is 18.3 Å². The summed E-state index contributed by atoms with van der Waals surface area (Å²) in [6.07, 6.45) is 1.38. The van der Waals surface area contributed by atoms with E-state index in [9.17, 15) is 14.9 Å². The van der Waals surface area contributed by atoms with Crippen LogP contribution < -0.4 is 5.32 Å². The maximum atomic E-state index is 12.4. The number of nitrogens with one attached hydrogen (secondary N) is 1. The summed E-state index contributed by atoms with van der Waals surface area (Å²) < 4.78 is 10.4. The number of anilines is 1. The quantitative estimate of drug-likeness (QED) is 0.393. The highest BCUT2D eigenvalue weighted by Crippen LogP contribution is 2.24. The Kier molecular flexibility index (Phi) is 5.91. The van der Waals surface area contributed by atoms with Gasteiger partial charge >= 0.3 is 5.97 Å². The van der Waals surface area contributed by atoms with E-state index in [1.165, 1.54) is 13.2 Å². The SMILES string of the molecule is COC(=O)c1ccc(-c2ccc(/C=C(/C#N)C(=O)Nc3ccc(C)cc3)o2)cc1. The molecule has 0 aliphatic rings. The van der Waals surface area contributed by atoms with Gasteiger partial charge in [-0.15, -0.1) is 0 Å². The van der Waals surface area contributed by atoms with Crippen molar-refractivity contribution in [1.29, 1.82) is 5.26 Å². The molecule has 0 saturated carbocycles. The Balaban J connectivity index is 1.76. The van der Waals surface area contributed by atoms with Crippen LogP contribution in [0.3, 0.4) is 0 Å². The van der Waals surface area contributed by atoms with Gasteiger partial charge in [0.2, 0.25) is 0 Å². The minimum Gasteiger partial charge on any atom is -0.465 e. The van der Waals surface area contributed by atoms with Gasteiger partial charge in [-0.05, 0) is 43.3 Å². The zero-order chi connectivity index (χ0) is 20.8. The monoisotopic (exact) mass is 386 g/mol. The molecule has 0 spiro atoms. The summed E-state index contributed by atoms with van der Waals surface area (Å²) in [5.41, 5.74) is 2.78. The number of carbonyl (C=O) groups is 2. The lowest BCUT2D eigenvalue weighted by molar-refractivity contribution is -0.112. The first-order chi connectivity index (χ1) is 14.0. The minimum atomic E-state index is -0.517. The van der Waals surface area contributed by atoms with Crippen molar-refractivity contribution in [3.8, 4) is 17.4 Å². The van der Waals surface area contributed by atoms with E-state index in [-0.39, 0.29) is 5.57 Å². The van der Waals surface area contributed by atoms with E-state index in [0.29, 0.717) is 22.8 Å². The van der Waals surface area contributed by atoms with Crippen molar-refractivity contribution in [3.05, 3.63) is 83.1 Å². The Morgan fingerprint density at radius 3 is 2.34 bits per heavy atom. The van der Waals surface area contributed by atoms with Gasteiger partial charge in [0.1, 0.15) is 23.2 Å². The molecule has 1 N–H and O–H groups in total. The van der Waals surface area contributed by atoms with Gasteiger partial charge < -0.3 is 14.5 Å². The maximum Gasteiger partial charge on any atom is 0.337 e. The molecule has 1 amide bonds. The summed E-state index contributed by atoms with van der Waals surface area (Å²) in [6, 6.07) is 19.3. The van der Waals surface area contributed by atoms with Crippen molar-refractivity contribution in [3.63, 3.8) is 0 Å². The first-order valence-electron chi connectivity index (χ1n) is 8.78. The number of carbonyl (C=O) groups excluding carboxylic acids is 2. The Bertz CT molecular complexity index is 1100. The number of nitriles is 1. The molecule has 2 aromatic carbocycles. The second kappa shape index (κ2) is 8.72. The van der Waals surface area contributed by atoms with Crippen LogP contribution in [-0.4, -0.2) is 19.0 Å². The molecule has 0 unspecified atom stereocenters. The lowest BCUT2D eigenvalue weighted by Gasteiger charge is -2.04. The Morgan fingerprint density at radius 1 is 1.03 bits per heavy atom. The number of nitrogens with zero attached hydrogens (tertiary/aromatic N) is 1. The second-order valence-electron chi connectivity index (χ2n) is 6.26. The molecule has 6 heteroatoms. The Labute approximate surface area is 168 Å². The first kappa shape index (κ1) is 19.6. The van der Waals surface area contributed by atoms with Gasteiger partial charge in [0.15, 0.2) is 0 Å². The average molecular weight is 386 g/mol. The summed E-state index contributed by atoms with van der Waals surface area (Å²) in [5, 5.41) is 12.0. The largest absolute Gasteiger partial charge is 0.465 e. The number of esters is 1. The van der Waals surface area contributed by atoms with Crippen LogP contribution in [0.4, 0.5) is 5.69 Å². The predicted octanol–water partition coefficient (Wildman–Crippen LogP) is 4.59. The smallest absolute Gasteiger partial charge is 0.337 e. The molecular weight excluding hydrogens is 368 g/mol. The van der Waals surface area contributed by atoms with Crippen molar-refractivity contribution in [2.45, 2.75) is 6.92 Å². The van der Waals surface area contributed by atoms with Gasteiger partial charge in [-0.3, -0.25) is 4.79 Å². The number of methoxy groups -OCH3 is 1. The molecule has 29 heavy (non-hydrogen) atoms. The lowest BCUT2D eigenvalue weighted by Crippen LogP contribution is -2.13. The summed E-state index contributed by atoms with van der Waals surface area (Å²) in [5.74, 6) is -0.0221. The van der Waals surface area contributed by atoms with Crippen LogP contribution in [0.15, 0.2) is 70.7 Å². The third kappa shape index (κ3) is 4.79. The molecule has 3 rings (SSSR count). The average Bonchev–Trinajstić information content (AvgIpc) is 3.21. The molecule has 0 aliphatic heterocycles. The fourth-order valence-electron chi connectivity index (χ4n) is 2.60. The van der Waals surface area contributed by atoms with Crippen LogP contribution in [0.25, 0.3) is 17.4 Å². The number of amides is 1. The van der Waals surface area contributed by atoms with Gasteiger partial charge in [-0.1, -0.05) is 29.8 Å². The molecule has 0 aliphatic carbocycles. The number of hydrogen-bond acceptors (Lipinski definition) is 5. The number of aryl methyl sites for hydroxylation is 1. The maximum absolute atomic E-state index is 12.4. The van der Waals surface area contributed by atoms with E-state index in [2.05, 4.69) is 10.1 Å². The highest BCUT2D eigenvalue weighted by atomic mass is 16.5. The molecular formula is C23H18N2O4. The first-order valence-corrected chi connectivity index (χ1v) is 8.78. The van der Waals surface area contributed by atoms with Crippen LogP contribution in [-0.2, 0) is 9.53 Å². The number of hydrogen-bond donors (Lipinski definition) is 1. The van der Waals surface area contributed by atoms with E-state index in [1.54, 1.807) is 48.5 Å². The fraction of sp³-hybridized carbons (Fsp3) is 0.0870. The molecule has 0 radical (unpaired) electrons. The predicted molar refractivity (Wildman–Crippen MR) is 109 cm³/mol. The van der Waals surface area contributed by atoms with Gasteiger partial charge in [0, 0.05) is 17.3 Å². The fourth-order valence-corrected chi connectivity index (χ4v) is 2.60. The zero-order valence-corrected chi connectivity index (χ0v) is 15.9. The van der Waals surface area contributed by atoms with Gasteiger partial charge in [0.25, 0.3) is 5.91 Å². The van der Waals surface area contributed by atoms with Crippen molar-refractivity contribution in [1.82, 2.24) is 0 Å². The van der Waals surface area contributed by atoms with Gasteiger partial charge in [-0.2, -0.15) is 5.26 Å². The van der Waals surface area contributed by atoms with Crippen molar-refractivity contribution >= 4 is 23.6 Å². The molecule has 1 heterocycles. The Morgan fingerprint density at radius 2 is 1.72 bits per heavy atom. The van der Waals surface area contributed by atoms with Crippen molar-refractivity contribution < 1.29 is 18.7 Å². The van der Waals surface area contributed by atoms with Crippen LogP contribution in [0.5, 0.6) is 0 Å². The van der Waals surface area contributed by atoms with Gasteiger partial charge in [0.05, 0.1) is 12.7 Å². The second-order valence-corrected chi connectivity index (χ2v) is 6.26. The van der Waals surface area contributed by atoms with Crippen LogP contribution in [0.1, 0.15) is 21.7 Å². The summed E-state index contributed by atoms with van der Waals surface area (Å²) in [4.78, 5) is 23.9. The minimum absolute atomic E-state index is 0.0764. The topological polar surface area (TPSA) is 92.3 Å². The van der Waals surface area contributed by atoms with E-state index >= 15 is 0 Å². The zero-order valence-electron chi connectivity index (χ0n) is 15.9. The number of ether oxygens (including phenoxy) is 1. The molecule has 0 saturated heterocycles. The molecule has 0 atom stereocenters. The highest BCUT2D eigenvalue weighted by Gasteiger charge is 2.12. The number of furan rings is 1. The van der Waals surface area contributed by atoms with Crippen molar-refractivity contribution in [2.24, 2.45) is 0 Å². The summed E-state index contributed by atoms with van der Waals surface area (Å²) >= 11 is 0. The third-order valence-electron chi connectivity index (χ3n) is 4.18. The van der Waals surface area contributed by atoms with E-state index in [0.717, 1.165) is 11.1 Å². The number of benzene rings is 2. The molecule has 3 aromatic rings. The molecule has 0 bridgehead atoms. The Hall–Kier alpha value is -4.11. The molecule has 6 nitrogen and oxygen atoms in total. The molecule has 144 valence electrons. The van der Waals surface area contributed by atoms with E-state index in [4.69, 9.17) is 4.42 Å². The van der Waals surface area contributed by atoms with Crippen molar-refractivity contribution in [2.75, 3.05) is 12.4 Å². The molecule has 1 aromatic heterocycles. The summed E-state index contributed by atoms with van der Waals surface area (Å²) in [7, 11) is 1.32. The van der Waals surface area contributed by atoms with Crippen LogP contribution >= 0.6 is 0 Å². The lowest BCUT2D eigenvalue weighted by atomic mass is 10.1. The molecule has 0 fully saturated rings. The standard InChI is InChI=1S/C23H18N2O4/c1-15-3-9-19(10-4-15)25-22(26)18(14-24)13-20-11-12-21(29-20)16-5-7-17(8-6-16)23(27)28-2/h3-13H,1-2H3,(H,25,26)/b18-13-. The third-order valence-corrected chi connectivity index (χ3v) is 4.18. The van der Waals surface area contributed by atoms with E-state index < -0.39 is 11.9 Å². The number of rotatable bonds is 5.